The maximum absolute atomic E-state index is 13.1. The summed E-state index contributed by atoms with van der Waals surface area (Å²) in [6, 6.07) is 9.77. The van der Waals surface area contributed by atoms with Gasteiger partial charge in [0.1, 0.15) is 17.3 Å². The quantitative estimate of drug-likeness (QED) is 0.374. The minimum absolute atomic E-state index is 0.00873. The average molecular weight is 444 g/mol. The predicted octanol–water partition coefficient (Wildman–Crippen LogP) is 4.89. The van der Waals surface area contributed by atoms with Crippen molar-refractivity contribution in [3.8, 4) is 11.5 Å². The maximum atomic E-state index is 13.1. The third-order valence-corrected chi connectivity index (χ3v) is 5.65. The van der Waals surface area contributed by atoms with Gasteiger partial charge < -0.3 is 19.5 Å². The smallest absolute Gasteiger partial charge is 0.295 e. The molecule has 1 aliphatic rings. The van der Waals surface area contributed by atoms with E-state index in [1.165, 1.54) is 19.1 Å². The molecule has 0 spiro atoms. The van der Waals surface area contributed by atoms with E-state index < -0.39 is 17.7 Å². The van der Waals surface area contributed by atoms with Crippen molar-refractivity contribution in [1.82, 2.24) is 4.90 Å². The Morgan fingerprint density at radius 3 is 2.52 bits per heavy atom. The number of nitrogens with zero attached hydrogens (tertiary/aromatic N) is 1. The molecule has 1 unspecified atom stereocenters. The molecule has 6 nitrogen and oxygen atoms in total. The van der Waals surface area contributed by atoms with E-state index in [1.54, 1.807) is 24.3 Å². The molecule has 1 saturated heterocycles. The van der Waals surface area contributed by atoms with Crippen molar-refractivity contribution < 1.29 is 24.2 Å². The SMILES string of the molecule is CCCCN1C(=O)C(=O)/C(=C(/O)c2cc(C)cc(Cl)c2OC)C1c1ccccc1OC. The van der Waals surface area contributed by atoms with Gasteiger partial charge in [0.05, 0.1) is 36.4 Å². The summed E-state index contributed by atoms with van der Waals surface area (Å²) in [4.78, 5) is 27.6. The number of amides is 1. The van der Waals surface area contributed by atoms with Crippen molar-refractivity contribution in [2.24, 2.45) is 0 Å². The molecule has 0 saturated carbocycles. The number of aryl methyl sites for hydroxylation is 1. The van der Waals surface area contributed by atoms with Gasteiger partial charge >= 0.3 is 0 Å². The molecule has 7 heteroatoms. The first kappa shape index (κ1) is 22.7. The topological polar surface area (TPSA) is 76.1 Å². The molecule has 31 heavy (non-hydrogen) atoms. The zero-order chi connectivity index (χ0) is 22.7. The highest BCUT2D eigenvalue weighted by atomic mass is 35.5. The monoisotopic (exact) mass is 443 g/mol. The molecule has 164 valence electrons. The van der Waals surface area contributed by atoms with Gasteiger partial charge in [-0.1, -0.05) is 43.1 Å². The summed E-state index contributed by atoms with van der Waals surface area (Å²) in [5.41, 5.74) is 1.66. The van der Waals surface area contributed by atoms with E-state index in [0.29, 0.717) is 22.9 Å². The fourth-order valence-corrected chi connectivity index (χ4v) is 4.26. The molecule has 0 aromatic heterocycles. The van der Waals surface area contributed by atoms with Crippen molar-refractivity contribution in [3.05, 3.63) is 63.7 Å². The van der Waals surface area contributed by atoms with Crippen LogP contribution in [0.15, 0.2) is 42.0 Å². The van der Waals surface area contributed by atoms with Crippen LogP contribution < -0.4 is 9.47 Å². The number of halogens is 1. The number of carbonyl (C=O) groups excluding carboxylic acids is 2. The van der Waals surface area contributed by atoms with E-state index in [0.717, 1.165) is 18.4 Å². The van der Waals surface area contributed by atoms with Crippen molar-refractivity contribution in [1.29, 1.82) is 0 Å². The number of methoxy groups -OCH3 is 2. The number of carbonyl (C=O) groups is 2. The van der Waals surface area contributed by atoms with Gasteiger partial charge in [-0.25, -0.2) is 0 Å². The number of benzene rings is 2. The normalized spacial score (nSPS) is 17.8. The molecule has 0 aliphatic carbocycles. The highest BCUT2D eigenvalue weighted by molar-refractivity contribution is 6.46. The van der Waals surface area contributed by atoms with Crippen molar-refractivity contribution in [2.75, 3.05) is 20.8 Å². The lowest BCUT2D eigenvalue weighted by Gasteiger charge is -2.26. The fraction of sp³-hybridized carbons (Fsp3) is 0.333. The first-order valence-corrected chi connectivity index (χ1v) is 10.5. The Kier molecular flexibility index (Phi) is 6.91. The Bertz CT molecular complexity index is 1050. The number of para-hydroxylation sites is 1. The Morgan fingerprint density at radius 1 is 1.16 bits per heavy atom. The number of hydrogen-bond acceptors (Lipinski definition) is 5. The molecule has 1 fully saturated rings. The third-order valence-electron chi connectivity index (χ3n) is 5.37. The first-order valence-electron chi connectivity index (χ1n) is 10.1. The number of ketones is 1. The molecule has 1 heterocycles. The number of hydrogen-bond donors (Lipinski definition) is 1. The molecule has 2 aromatic rings. The highest BCUT2D eigenvalue weighted by Crippen LogP contribution is 2.44. The van der Waals surface area contributed by atoms with Gasteiger partial charge in [-0.2, -0.15) is 0 Å². The van der Waals surface area contributed by atoms with Crippen molar-refractivity contribution in [2.45, 2.75) is 32.7 Å². The van der Waals surface area contributed by atoms with Crippen LogP contribution in [-0.4, -0.2) is 42.5 Å². The van der Waals surface area contributed by atoms with Gasteiger partial charge in [0, 0.05) is 12.1 Å². The summed E-state index contributed by atoms with van der Waals surface area (Å²) in [6.07, 6.45) is 1.57. The van der Waals surface area contributed by atoms with Crippen LogP contribution in [0.5, 0.6) is 11.5 Å². The van der Waals surface area contributed by atoms with Gasteiger partial charge in [0.15, 0.2) is 0 Å². The van der Waals surface area contributed by atoms with Crippen LogP contribution in [0.2, 0.25) is 5.02 Å². The van der Waals surface area contributed by atoms with Crippen LogP contribution in [0, 0.1) is 6.92 Å². The summed E-state index contributed by atoms with van der Waals surface area (Å²) in [6.45, 7) is 4.21. The van der Waals surface area contributed by atoms with Gasteiger partial charge in [-0.3, -0.25) is 9.59 Å². The number of unbranched alkanes of at least 4 members (excludes halogenated alkanes) is 1. The minimum atomic E-state index is -0.785. The summed E-state index contributed by atoms with van der Waals surface area (Å²) < 4.78 is 10.9. The van der Waals surface area contributed by atoms with Crippen LogP contribution in [-0.2, 0) is 9.59 Å². The maximum Gasteiger partial charge on any atom is 0.295 e. The van der Waals surface area contributed by atoms with E-state index >= 15 is 0 Å². The lowest BCUT2D eigenvalue weighted by Crippen LogP contribution is -2.30. The van der Waals surface area contributed by atoms with Gasteiger partial charge in [0.25, 0.3) is 11.7 Å². The molecule has 2 aromatic carbocycles. The average Bonchev–Trinajstić information content (AvgIpc) is 3.01. The summed E-state index contributed by atoms with van der Waals surface area (Å²) >= 11 is 6.31. The van der Waals surface area contributed by atoms with Crippen LogP contribution in [0.4, 0.5) is 0 Å². The fourth-order valence-electron chi connectivity index (χ4n) is 3.91. The molecule has 1 atom stereocenters. The number of rotatable bonds is 7. The second-order valence-electron chi connectivity index (χ2n) is 7.42. The Balaban J connectivity index is 2.30. The number of Topliss-reactive ketones (excluding diaryl/α,β-unsaturated/α-hetero) is 1. The molecular weight excluding hydrogens is 418 g/mol. The molecule has 3 rings (SSSR count). The second-order valence-corrected chi connectivity index (χ2v) is 7.82. The van der Waals surface area contributed by atoms with Gasteiger partial charge in [-0.05, 0) is 37.1 Å². The number of aliphatic hydroxyl groups excluding tert-OH is 1. The third kappa shape index (κ3) is 4.12. The summed E-state index contributed by atoms with van der Waals surface area (Å²) in [5.74, 6) is -0.956. The standard InChI is InChI=1S/C24H26ClNO5/c1-5-6-11-26-20(15-9-7-8-10-18(15)30-3)19(22(28)24(26)29)21(27)16-12-14(2)13-17(25)23(16)31-4/h7-10,12-13,20,27H,5-6,11H2,1-4H3/b21-19+. The predicted molar refractivity (Wildman–Crippen MR) is 120 cm³/mol. The second kappa shape index (κ2) is 9.43. The van der Waals surface area contributed by atoms with Crippen LogP contribution in [0.25, 0.3) is 5.76 Å². The van der Waals surface area contributed by atoms with Crippen molar-refractivity contribution in [3.63, 3.8) is 0 Å². The van der Waals surface area contributed by atoms with Gasteiger partial charge in [-0.15, -0.1) is 0 Å². The highest BCUT2D eigenvalue weighted by Gasteiger charge is 2.47. The molecule has 0 radical (unpaired) electrons. The zero-order valence-corrected chi connectivity index (χ0v) is 18.8. The van der Waals surface area contributed by atoms with E-state index in [2.05, 4.69) is 0 Å². The lowest BCUT2D eigenvalue weighted by molar-refractivity contribution is -0.139. The molecule has 0 bridgehead atoms. The number of aliphatic hydroxyl groups is 1. The van der Waals surface area contributed by atoms with Crippen molar-refractivity contribution >= 4 is 29.1 Å². The zero-order valence-electron chi connectivity index (χ0n) is 18.1. The Labute approximate surface area is 187 Å². The van der Waals surface area contributed by atoms with E-state index in [-0.39, 0.29) is 22.6 Å². The van der Waals surface area contributed by atoms with Crippen LogP contribution >= 0.6 is 11.6 Å². The van der Waals surface area contributed by atoms with E-state index in [1.807, 2.05) is 26.0 Å². The van der Waals surface area contributed by atoms with Crippen LogP contribution in [0.1, 0.15) is 42.5 Å². The summed E-state index contributed by atoms with van der Waals surface area (Å²) in [5, 5.41) is 11.6. The van der Waals surface area contributed by atoms with Crippen LogP contribution in [0.3, 0.4) is 0 Å². The van der Waals surface area contributed by atoms with E-state index in [4.69, 9.17) is 21.1 Å². The van der Waals surface area contributed by atoms with E-state index in [9.17, 15) is 14.7 Å². The Hall–Kier alpha value is -2.99. The molecular formula is C24H26ClNO5. The number of likely N-dealkylation sites (tertiary alicyclic amines) is 1. The Morgan fingerprint density at radius 2 is 1.87 bits per heavy atom. The first-order chi connectivity index (χ1) is 14.8. The van der Waals surface area contributed by atoms with Gasteiger partial charge in [0.2, 0.25) is 0 Å². The molecule has 1 amide bonds. The largest absolute Gasteiger partial charge is 0.507 e. The molecule has 1 N–H and O–H groups in total. The minimum Gasteiger partial charge on any atom is -0.507 e. The lowest BCUT2D eigenvalue weighted by atomic mass is 9.94. The summed E-state index contributed by atoms with van der Waals surface area (Å²) in [7, 11) is 2.96. The molecule has 1 aliphatic heterocycles. The number of ether oxygens (including phenoxy) is 2.